The van der Waals surface area contributed by atoms with Gasteiger partial charge in [0.05, 0.1) is 5.69 Å². The van der Waals surface area contributed by atoms with Crippen molar-refractivity contribution in [2.75, 3.05) is 5.32 Å². The molecule has 0 aliphatic heterocycles. The number of rotatable bonds is 5. The molecule has 3 heterocycles. The minimum atomic E-state index is -0.122. The van der Waals surface area contributed by atoms with Crippen LogP contribution < -0.4 is 5.32 Å². The summed E-state index contributed by atoms with van der Waals surface area (Å²) in [6, 6.07) is 19.6. The summed E-state index contributed by atoms with van der Waals surface area (Å²) in [4.78, 5) is 21.2. The Morgan fingerprint density at radius 1 is 1.03 bits per heavy atom. The molecule has 30 heavy (non-hydrogen) atoms. The van der Waals surface area contributed by atoms with Gasteiger partial charge in [-0.25, -0.2) is 4.98 Å². The fraction of sp³-hybridized carbons (Fsp3) is 0.208. The molecule has 1 aliphatic carbocycles. The van der Waals surface area contributed by atoms with Crippen molar-refractivity contribution in [2.45, 2.75) is 31.7 Å². The minimum absolute atomic E-state index is 0.122. The zero-order valence-electron chi connectivity index (χ0n) is 16.6. The van der Waals surface area contributed by atoms with Crippen molar-refractivity contribution in [1.82, 2.24) is 14.5 Å². The Hall–Kier alpha value is -3.25. The second-order valence-corrected chi connectivity index (χ2v) is 8.05. The third kappa shape index (κ3) is 5.21. The average Bonchev–Trinajstić information content (AvgIpc) is 3.39. The predicted molar refractivity (Wildman–Crippen MR) is 121 cm³/mol. The summed E-state index contributed by atoms with van der Waals surface area (Å²) in [5.41, 5.74) is 2.86. The third-order valence-electron chi connectivity index (χ3n) is 5.10. The summed E-state index contributed by atoms with van der Waals surface area (Å²) in [5.74, 6) is 0.464. The molecule has 1 aliphatic rings. The molecule has 1 aromatic carbocycles. The molecular weight excluding hydrogens is 392 g/mol. The highest BCUT2D eigenvalue weighted by atomic mass is 32.1. The van der Waals surface area contributed by atoms with Crippen LogP contribution in [0.2, 0.25) is 0 Å². The number of carbonyl (C=O) groups excluding carboxylic acids is 1. The van der Waals surface area contributed by atoms with E-state index in [-0.39, 0.29) is 5.91 Å². The van der Waals surface area contributed by atoms with Crippen molar-refractivity contribution in [3.8, 4) is 0 Å². The van der Waals surface area contributed by atoms with Crippen molar-refractivity contribution in [3.63, 3.8) is 0 Å². The summed E-state index contributed by atoms with van der Waals surface area (Å²) in [6.45, 7) is 0.642. The first-order valence-electron chi connectivity index (χ1n) is 10.1. The molecule has 0 radical (unpaired) electrons. The molecule has 5 rings (SSSR count). The molecule has 0 spiro atoms. The first kappa shape index (κ1) is 20.0. The molecule has 152 valence electrons. The second-order valence-electron chi connectivity index (χ2n) is 7.19. The van der Waals surface area contributed by atoms with Crippen LogP contribution in [0.15, 0.2) is 84.6 Å². The number of hydrogen-bond donors (Lipinski definition) is 1. The standard InChI is InChI=1S/C18H18N4OS.C6H6/c23-17(21-18-20-15(12-24-18)14-3-1-4-14)16-5-2-10-22(16)11-13-6-8-19-9-7-13;1-2-4-6-5-3-1/h2,5-10,12,14H,1,3-4,11H2,(H,20,21,23);1-6H. The summed E-state index contributed by atoms with van der Waals surface area (Å²) in [5, 5.41) is 5.67. The molecule has 0 bridgehead atoms. The van der Waals surface area contributed by atoms with E-state index in [1.165, 1.54) is 30.6 Å². The van der Waals surface area contributed by atoms with E-state index in [1.807, 2.05) is 71.4 Å². The highest BCUT2D eigenvalue weighted by Crippen LogP contribution is 2.37. The number of nitrogens with zero attached hydrogens (tertiary/aromatic N) is 3. The van der Waals surface area contributed by atoms with Gasteiger partial charge >= 0.3 is 0 Å². The number of thiazole rings is 1. The lowest BCUT2D eigenvalue weighted by Gasteiger charge is -2.22. The summed E-state index contributed by atoms with van der Waals surface area (Å²) in [7, 11) is 0. The van der Waals surface area contributed by atoms with Gasteiger partial charge in [0.15, 0.2) is 5.13 Å². The monoisotopic (exact) mass is 416 g/mol. The molecule has 4 aromatic rings. The van der Waals surface area contributed by atoms with Gasteiger partial charge in [0, 0.05) is 36.4 Å². The maximum atomic E-state index is 12.6. The van der Waals surface area contributed by atoms with Crippen LogP contribution in [0, 0.1) is 0 Å². The minimum Gasteiger partial charge on any atom is -0.339 e. The van der Waals surface area contributed by atoms with Crippen molar-refractivity contribution < 1.29 is 4.79 Å². The van der Waals surface area contributed by atoms with Gasteiger partial charge in [-0.15, -0.1) is 11.3 Å². The quantitative estimate of drug-likeness (QED) is 0.461. The number of amides is 1. The Kier molecular flexibility index (Phi) is 6.67. The summed E-state index contributed by atoms with van der Waals surface area (Å²) < 4.78 is 1.94. The zero-order chi connectivity index (χ0) is 20.6. The summed E-state index contributed by atoms with van der Waals surface area (Å²) >= 11 is 1.50. The average molecular weight is 417 g/mol. The van der Waals surface area contributed by atoms with Crippen molar-refractivity contribution in [2.24, 2.45) is 0 Å². The Labute approximate surface area is 180 Å². The van der Waals surface area contributed by atoms with Crippen LogP contribution in [0.4, 0.5) is 5.13 Å². The number of nitrogens with one attached hydrogen (secondary N) is 1. The molecule has 0 unspecified atom stereocenters. The van der Waals surface area contributed by atoms with Gasteiger partial charge in [-0.3, -0.25) is 15.1 Å². The Balaban J connectivity index is 0.000000313. The van der Waals surface area contributed by atoms with E-state index in [9.17, 15) is 4.79 Å². The smallest absolute Gasteiger partial charge is 0.274 e. The van der Waals surface area contributed by atoms with Crippen molar-refractivity contribution in [1.29, 1.82) is 0 Å². The molecule has 5 nitrogen and oxygen atoms in total. The molecule has 1 fully saturated rings. The Morgan fingerprint density at radius 2 is 1.73 bits per heavy atom. The zero-order valence-corrected chi connectivity index (χ0v) is 17.5. The van der Waals surface area contributed by atoms with Crippen LogP contribution >= 0.6 is 11.3 Å². The Morgan fingerprint density at radius 3 is 2.37 bits per heavy atom. The van der Waals surface area contributed by atoms with Gasteiger partial charge in [0.2, 0.25) is 0 Å². The molecule has 0 saturated heterocycles. The van der Waals surface area contributed by atoms with Crippen LogP contribution in [0.1, 0.15) is 46.9 Å². The first-order chi connectivity index (χ1) is 14.8. The lowest BCUT2D eigenvalue weighted by atomic mass is 9.83. The van der Waals surface area contributed by atoms with Gasteiger partial charge in [0.25, 0.3) is 5.91 Å². The predicted octanol–water partition coefficient (Wildman–Crippen LogP) is 5.59. The van der Waals surface area contributed by atoms with E-state index in [2.05, 4.69) is 20.7 Å². The van der Waals surface area contributed by atoms with Crippen LogP contribution in [-0.2, 0) is 6.54 Å². The number of anilines is 1. The van der Waals surface area contributed by atoms with Crippen molar-refractivity contribution >= 4 is 22.4 Å². The fourth-order valence-electron chi connectivity index (χ4n) is 3.22. The van der Waals surface area contributed by atoms with Crippen molar-refractivity contribution in [3.05, 3.63) is 102 Å². The summed E-state index contributed by atoms with van der Waals surface area (Å²) in [6.07, 6.45) is 9.15. The highest BCUT2D eigenvalue weighted by molar-refractivity contribution is 7.14. The fourth-order valence-corrected chi connectivity index (χ4v) is 4.01. The second kappa shape index (κ2) is 9.98. The van der Waals surface area contributed by atoms with Gasteiger partial charge in [-0.1, -0.05) is 42.8 Å². The topological polar surface area (TPSA) is 59.8 Å². The first-order valence-corrected chi connectivity index (χ1v) is 11.0. The molecule has 1 amide bonds. The molecule has 0 atom stereocenters. The normalized spacial score (nSPS) is 13.1. The number of carbonyl (C=O) groups is 1. The maximum absolute atomic E-state index is 12.6. The van der Waals surface area contributed by atoms with Gasteiger partial charge < -0.3 is 4.57 Å². The van der Waals surface area contributed by atoms with Gasteiger partial charge in [-0.05, 0) is 42.7 Å². The van der Waals surface area contributed by atoms with Crippen LogP contribution in [-0.4, -0.2) is 20.4 Å². The van der Waals surface area contributed by atoms with Crippen LogP contribution in [0.5, 0.6) is 0 Å². The molecule has 6 heteroatoms. The lowest BCUT2D eigenvalue weighted by molar-refractivity contribution is 0.101. The lowest BCUT2D eigenvalue weighted by Crippen LogP contribution is -2.17. The number of aromatic nitrogens is 3. The van der Waals surface area contributed by atoms with Crippen LogP contribution in [0.25, 0.3) is 0 Å². The van der Waals surface area contributed by atoms with E-state index in [4.69, 9.17) is 0 Å². The molecular formula is C24H24N4OS. The maximum Gasteiger partial charge on any atom is 0.274 e. The van der Waals surface area contributed by atoms with Gasteiger partial charge in [-0.2, -0.15) is 0 Å². The van der Waals surface area contributed by atoms with E-state index >= 15 is 0 Å². The molecule has 3 aromatic heterocycles. The number of benzene rings is 1. The highest BCUT2D eigenvalue weighted by Gasteiger charge is 2.22. The SMILES string of the molecule is O=C(Nc1nc(C2CCC2)cs1)c1cccn1Cc1ccncc1.c1ccccc1. The van der Waals surface area contributed by atoms with Crippen LogP contribution in [0.3, 0.4) is 0 Å². The molecule has 1 N–H and O–H groups in total. The van der Waals surface area contributed by atoms with E-state index in [0.29, 0.717) is 23.3 Å². The Bertz CT molecular complexity index is 1030. The largest absolute Gasteiger partial charge is 0.339 e. The van der Waals surface area contributed by atoms with E-state index < -0.39 is 0 Å². The number of pyridine rings is 1. The van der Waals surface area contributed by atoms with Gasteiger partial charge in [0.1, 0.15) is 5.69 Å². The number of hydrogen-bond acceptors (Lipinski definition) is 4. The molecule has 1 saturated carbocycles. The third-order valence-corrected chi connectivity index (χ3v) is 5.87. The van der Waals surface area contributed by atoms with E-state index in [1.54, 1.807) is 12.4 Å². The van der Waals surface area contributed by atoms with E-state index in [0.717, 1.165) is 11.3 Å².